The molecule has 0 spiro atoms. The lowest BCUT2D eigenvalue weighted by Crippen LogP contribution is -2.08. The van der Waals surface area contributed by atoms with Crippen molar-refractivity contribution in [2.75, 3.05) is 0 Å². The maximum Gasteiger partial charge on any atom is 0.200 e. The van der Waals surface area contributed by atoms with Crippen LogP contribution in [0.25, 0.3) is 0 Å². The van der Waals surface area contributed by atoms with Gasteiger partial charge in [-0.15, -0.1) is 0 Å². The van der Waals surface area contributed by atoms with Crippen LogP contribution in [-0.2, 0) is 11.4 Å². The van der Waals surface area contributed by atoms with E-state index in [0.29, 0.717) is 18.6 Å². The van der Waals surface area contributed by atoms with Gasteiger partial charge in [0.1, 0.15) is 6.61 Å². The van der Waals surface area contributed by atoms with E-state index in [1.54, 1.807) is 13.8 Å². The quantitative estimate of drug-likeness (QED) is 0.262. The Hall–Kier alpha value is -1.66. The van der Waals surface area contributed by atoms with Crippen molar-refractivity contribution < 1.29 is 26.8 Å². The Morgan fingerprint density at radius 2 is 1.26 bits per heavy atom. The van der Waals surface area contributed by atoms with Crippen molar-refractivity contribution in [3.8, 4) is 0 Å². The van der Waals surface area contributed by atoms with Crippen LogP contribution in [0.5, 0.6) is 0 Å². The number of oxime groups is 1. The second kappa shape index (κ2) is 6.49. The van der Waals surface area contributed by atoms with E-state index in [2.05, 4.69) is 9.99 Å². The molecule has 1 aromatic carbocycles. The fraction of sp³-hybridized carbons (Fsp3) is 0.417. The summed E-state index contributed by atoms with van der Waals surface area (Å²) in [6.07, 6.45) is 1.13. The van der Waals surface area contributed by atoms with Gasteiger partial charge in [-0.2, -0.15) is 0 Å². The summed E-state index contributed by atoms with van der Waals surface area (Å²) in [7, 11) is 0. The lowest BCUT2D eigenvalue weighted by atomic mass is 10.2. The van der Waals surface area contributed by atoms with Gasteiger partial charge in [0.15, 0.2) is 23.3 Å². The van der Waals surface area contributed by atoms with Gasteiger partial charge in [0, 0.05) is 0 Å². The molecular weight excluding hydrogens is 269 g/mol. The van der Waals surface area contributed by atoms with Gasteiger partial charge in [0.05, 0.1) is 11.3 Å². The number of halogens is 5. The molecule has 0 bridgehead atoms. The van der Waals surface area contributed by atoms with Gasteiger partial charge in [0.25, 0.3) is 0 Å². The van der Waals surface area contributed by atoms with Crippen LogP contribution in [0, 0.1) is 29.1 Å². The Kier molecular flexibility index (Phi) is 5.26. The molecule has 7 heteroatoms. The third-order valence-electron chi connectivity index (χ3n) is 2.52. The Bertz CT molecular complexity index is 466. The van der Waals surface area contributed by atoms with Gasteiger partial charge in [-0.05, 0) is 12.8 Å². The lowest BCUT2D eigenvalue weighted by Gasteiger charge is -2.07. The number of benzene rings is 1. The van der Waals surface area contributed by atoms with Crippen LogP contribution in [0.3, 0.4) is 0 Å². The van der Waals surface area contributed by atoms with Crippen molar-refractivity contribution in [3.63, 3.8) is 0 Å². The highest BCUT2D eigenvalue weighted by Crippen LogP contribution is 2.23. The van der Waals surface area contributed by atoms with Gasteiger partial charge in [-0.1, -0.05) is 19.0 Å². The molecule has 19 heavy (non-hydrogen) atoms. The molecule has 0 saturated heterocycles. The van der Waals surface area contributed by atoms with E-state index in [1.807, 2.05) is 0 Å². The van der Waals surface area contributed by atoms with E-state index in [0.717, 1.165) is 0 Å². The third-order valence-corrected chi connectivity index (χ3v) is 2.52. The SMILES string of the molecule is CCC(CC)=NOCc1c(F)c(F)c(F)c(F)c1F. The summed E-state index contributed by atoms with van der Waals surface area (Å²) < 4.78 is 65.0. The highest BCUT2D eigenvalue weighted by Gasteiger charge is 2.25. The van der Waals surface area contributed by atoms with E-state index in [-0.39, 0.29) is 0 Å². The summed E-state index contributed by atoms with van der Waals surface area (Å²) in [5.41, 5.74) is -0.421. The summed E-state index contributed by atoms with van der Waals surface area (Å²) in [5, 5.41) is 3.56. The Balaban J connectivity index is 3.00. The summed E-state index contributed by atoms with van der Waals surface area (Å²) >= 11 is 0. The van der Waals surface area contributed by atoms with Crippen LogP contribution in [0.4, 0.5) is 22.0 Å². The van der Waals surface area contributed by atoms with Crippen molar-refractivity contribution in [2.45, 2.75) is 33.3 Å². The van der Waals surface area contributed by atoms with Crippen molar-refractivity contribution in [2.24, 2.45) is 5.16 Å². The van der Waals surface area contributed by atoms with Gasteiger partial charge in [-0.25, -0.2) is 22.0 Å². The highest BCUT2D eigenvalue weighted by atomic mass is 19.2. The first-order valence-corrected chi connectivity index (χ1v) is 5.61. The normalized spacial score (nSPS) is 10.5. The maximum atomic E-state index is 13.2. The van der Waals surface area contributed by atoms with Gasteiger partial charge in [-0.3, -0.25) is 0 Å². The molecule has 0 aromatic heterocycles. The minimum Gasteiger partial charge on any atom is -0.391 e. The second-order valence-corrected chi connectivity index (χ2v) is 3.69. The standard InChI is InChI=1S/C12H12F5NO/c1-3-6(4-2)18-19-5-7-8(13)10(15)12(17)11(16)9(7)14/h3-5H2,1-2H3. The topological polar surface area (TPSA) is 21.6 Å². The molecule has 0 heterocycles. The number of nitrogens with zero attached hydrogens (tertiary/aromatic N) is 1. The van der Waals surface area contributed by atoms with Gasteiger partial charge < -0.3 is 4.84 Å². The Morgan fingerprint density at radius 3 is 1.68 bits per heavy atom. The molecule has 0 amide bonds. The van der Waals surface area contributed by atoms with Gasteiger partial charge >= 0.3 is 0 Å². The predicted molar refractivity (Wildman–Crippen MR) is 59.0 cm³/mol. The fourth-order valence-electron chi connectivity index (χ4n) is 1.34. The third kappa shape index (κ3) is 3.21. The van der Waals surface area contributed by atoms with Crippen LogP contribution in [-0.4, -0.2) is 5.71 Å². The molecular formula is C12H12F5NO. The molecule has 0 radical (unpaired) electrons. The minimum atomic E-state index is -2.19. The van der Waals surface area contributed by atoms with Crippen LogP contribution < -0.4 is 0 Å². The van der Waals surface area contributed by atoms with E-state index in [1.165, 1.54) is 0 Å². The molecule has 1 aromatic rings. The molecule has 0 N–H and O–H groups in total. The van der Waals surface area contributed by atoms with E-state index >= 15 is 0 Å². The molecule has 0 unspecified atom stereocenters. The average molecular weight is 281 g/mol. The predicted octanol–water partition coefficient (Wildman–Crippen LogP) is 4.07. The van der Waals surface area contributed by atoms with Crippen LogP contribution in [0.1, 0.15) is 32.3 Å². The maximum absolute atomic E-state index is 13.2. The Morgan fingerprint density at radius 1 is 0.842 bits per heavy atom. The second-order valence-electron chi connectivity index (χ2n) is 3.69. The van der Waals surface area contributed by atoms with Crippen LogP contribution in [0.15, 0.2) is 5.16 Å². The first-order chi connectivity index (χ1) is 8.93. The number of rotatable bonds is 5. The zero-order valence-electron chi connectivity index (χ0n) is 10.4. The molecule has 0 aliphatic heterocycles. The van der Waals surface area contributed by atoms with Crippen molar-refractivity contribution in [1.29, 1.82) is 0 Å². The molecule has 0 saturated carbocycles. The molecule has 1 rings (SSSR count). The summed E-state index contributed by atoms with van der Waals surface area (Å²) in [6.45, 7) is 2.77. The van der Waals surface area contributed by atoms with Gasteiger partial charge in [0.2, 0.25) is 5.82 Å². The molecule has 0 fully saturated rings. The molecule has 0 atom stereocenters. The first kappa shape index (κ1) is 15.4. The molecule has 0 aliphatic carbocycles. The molecule has 0 aliphatic rings. The van der Waals surface area contributed by atoms with E-state index in [9.17, 15) is 22.0 Å². The smallest absolute Gasteiger partial charge is 0.200 e. The average Bonchev–Trinajstić information content (AvgIpc) is 2.42. The fourth-order valence-corrected chi connectivity index (χ4v) is 1.34. The summed E-state index contributed by atoms with van der Waals surface area (Å²) in [5.74, 6) is -9.98. The summed E-state index contributed by atoms with van der Waals surface area (Å²) in [6, 6.07) is 0. The number of hydrogen-bond acceptors (Lipinski definition) is 2. The van der Waals surface area contributed by atoms with Crippen molar-refractivity contribution in [1.82, 2.24) is 0 Å². The zero-order chi connectivity index (χ0) is 14.6. The van der Waals surface area contributed by atoms with Crippen molar-refractivity contribution >= 4 is 5.71 Å². The lowest BCUT2D eigenvalue weighted by molar-refractivity contribution is 0.122. The first-order valence-electron chi connectivity index (χ1n) is 5.61. The molecule has 2 nitrogen and oxygen atoms in total. The Labute approximate surface area is 106 Å². The van der Waals surface area contributed by atoms with Crippen molar-refractivity contribution in [3.05, 3.63) is 34.6 Å². The number of hydrogen-bond donors (Lipinski definition) is 0. The summed E-state index contributed by atoms with van der Waals surface area (Å²) in [4.78, 5) is 4.63. The van der Waals surface area contributed by atoms with Crippen LogP contribution >= 0.6 is 0 Å². The zero-order valence-corrected chi connectivity index (χ0v) is 10.4. The largest absolute Gasteiger partial charge is 0.391 e. The van der Waals surface area contributed by atoms with Crippen LogP contribution in [0.2, 0.25) is 0 Å². The highest BCUT2D eigenvalue weighted by molar-refractivity contribution is 5.83. The monoisotopic (exact) mass is 281 g/mol. The van der Waals surface area contributed by atoms with E-state index in [4.69, 9.17) is 0 Å². The molecule has 106 valence electrons. The minimum absolute atomic E-state index is 0.563. The van der Waals surface area contributed by atoms with E-state index < -0.39 is 41.3 Å².